The van der Waals surface area contributed by atoms with Gasteiger partial charge >= 0.3 is 5.97 Å². The van der Waals surface area contributed by atoms with Crippen LogP contribution in [0.25, 0.3) is 0 Å². The highest BCUT2D eigenvalue weighted by atomic mass is 35.5. The van der Waals surface area contributed by atoms with Crippen LogP contribution in [0.2, 0.25) is 5.02 Å². The van der Waals surface area contributed by atoms with Crippen molar-refractivity contribution in [3.8, 4) is 0 Å². The van der Waals surface area contributed by atoms with Crippen molar-refractivity contribution in [2.45, 2.75) is 4.90 Å². The lowest BCUT2D eigenvalue weighted by Gasteiger charge is -2.07. The summed E-state index contributed by atoms with van der Waals surface area (Å²) in [4.78, 5) is 10.6. The van der Waals surface area contributed by atoms with Crippen LogP contribution in [-0.2, 0) is 9.84 Å². The Morgan fingerprint density at radius 1 is 1.47 bits per heavy atom. The molecule has 0 aliphatic rings. The van der Waals surface area contributed by atoms with Crippen molar-refractivity contribution in [2.75, 3.05) is 6.26 Å². The normalized spacial score (nSPS) is 11.9. The van der Waals surface area contributed by atoms with E-state index in [1.165, 1.54) is 0 Å². The lowest BCUT2D eigenvalue weighted by atomic mass is 10.1. The molecular formula is C9H8ClNO5S. The number of sulfone groups is 1. The van der Waals surface area contributed by atoms with E-state index in [-0.39, 0.29) is 21.0 Å². The molecule has 0 unspecified atom stereocenters. The van der Waals surface area contributed by atoms with E-state index in [4.69, 9.17) is 21.9 Å². The zero-order valence-corrected chi connectivity index (χ0v) is 10.2. The molecule has 0 spiro atoms. The fraction of sp³-hybridized carbons (Fsp3) is 0.111. The molecule has 0 radical (unpaired) electrons. The topological polar surface area (TPSA) is 104 Å². The first-order chi connectivity index (χ1) is 7.79. The highest BCUT2D eigenvalue weighted by Gasteiger charge is 2.20. The molecule has 1 aromatic carbocycles. The molecule has 0 heterocycles. The number of rotatable bonds is 3. The molecule has 0 saturated heterocycles. The van der Waals surface area contributed by atoms with Crippen LogP contribution in [0.1, 0.15) is 15.9 Å². The third kappa shape index (κ3) is 2.75. The fourth-order valence-corrected chi connectivity index (χ4v) is 2.46. The molecule has 0 bridgehead atoms. The first-order valence-corrected chi connectivity index (χ1v) is 6.49. The van der Waals surface area contributed by atoms with Crippen molar-refractivity contribution in [3.63, 3.8) is 0 Å². The van der Waals surface area contributed by atoms with Crippen LogP contribution >= 0.6 is 11.6 Å². The maximum Gasteiger partial charge on any atom is 0.337 e. The minimum atomic E-state index is -3.60. The van der Waals surface area contributed by atoms with Crippen molar-refractivity contribution in [2.24, 2.45) is 5.16 Å². The molecule has 17 heavy (non-hydrogen) atoms. The Bertz CT molecular complexity index is 594. The first kappa shape index (κ1) is 13.5. The number of aromatic carboxylic acids is 1. The van der Waals surface area contributed by atoms with Crippen LogP contribution in [0.15, 0.2) is 22.2 Å². The molecular weight excluding hydrogens is 270 g/mol. The molecule has 0 aromatic heterocycles. The number of carbonyl (C=O) groups is 1. The van der Waals surface area contributed by atoms with E-state index in [1.54, 1.807) is 0 Å². The molecule has 0 amide bonds. The summed E-state index contributed by atoms with van der Waals surface area (Å²) in [7, 11) is -3.60. The number of nitrogens with zero attached hydrogens (tertiary/aromatic N) is 1. The predicted octanol–water partition coefficient (Wildman–Crippen LogP) is 1.25. The van der Waals surface area contributed by atoms with Crippen molar-refractivity contribution in [1.29, 1.82) is 0 Å². The second-order valence-corrected chi connectivity index (χ2v) is 5.52. The highest BCUT2D eigenvalue weighted by Crippen LogP contribution is 2.26. The zero-order valence-electron chi connectivity index (χ0n) is 8.58. The lowest BCUT2D eigenvalue weighted by molar-refractivity contribution is 0.0697. The van der Waals surface area contributed by atoms with Crippen LogP contribution in [0.5, 0.6) is 0 Å². The Kier molecular flexibility index (Phi) is 3.74. The van der Waals surface area contributed by atoms with Gasteiger partial charge in [0.15, 0.2) is 9.84 Å². The number of carboxylic acids is 1. The fourth-order valence-electron chi connectivity index (χ4n) is 1.24. The maximum absolute atomic E-state index is 11.4. The number of hydrogen-bond acceptors (Lipinski definition) is 5. The van der Waals surface area contributed by atoms with Gasteiger partial charge in [0, 0.05) is 11.8 Å². The Morgan fingerprint density at radius 3 is 2.47 bits per heavy atom. The van der Waals surface area contributed by atoms with Crippen LogP contribution in [-0.4, -0.2) is 37.2 Å². The smallest absolute Gasteiger partial charge is 0.337 e. The minimum Gasteiger partial charge on any atom is -0.478 e. The lowest BCUT2D eigenvalue weighted by Crippen LogP contribution is -2.07. The SMILES string of the molecule is CS(=O)(=O)c1ccc(C(=O)O)c(Cl)c1/C=N\O. The third-order valence-electron chi connectivity index (χ3n) is 1.96. The van der Waals surface area contributed by atoms with Gasteiger partial charge in [-0.1, -0.05) is 16.8 Å². The monoisotopic (exact) mass is 277 g/mol. The van der Waals surface area contributed by atoms with Crippen molar-refractivity contribution in [1.82, 2.24) is 0 Å². The summed E-state index contributed by atoms with van der Waals surface area (Å²) in [5.41, 5.74) is -0.425. The summed E-state index contributed by atoms with van der Waals surface area (Å²) in [6.45, 7) is 0. The number of benzene rings is 1. The zero-order chi connectivity index (χ0) is 13.2. The molecule has 92 valence electrons. The van der Waals surface area contributed by atoms with E-state index >= 15 is 0 Å². The molecule has 6 nitrogen and oxygen atoms in total. The van der Waals surface area contributed by atoms with Crippen molar-refractivity contribution in [3.05, 3.63) is 28.3 Å². The van der Waals surface area contributed by atoms with Gasteiger partial charge in [0.1, 0.15) is 0 Å². The average Bonchev–Trinajstić information content (AvgIpc) is 2.18. The largest absolute Gasteiger partial charge is 0.478 e. The van der Waals surface area contributed by atoms with E-state index in [0.29, 0.717) is 0 Å². The average molecular weight is 278 g/mol. The summed E-state index contributed by atoms with van der Waals surface area (Å²) in [6.07, 6.45) is 1.72. The summed E-state index contributed by atoms with van der Waals surface area (Å²) >= 11 is 5.75. The van der Waals surface area contributed by atoms with Gasteiger partial charge < -0.3 is 10.3 Å². The Morgan fingerprint density at radius 2 is 2.06 bits per heavy atom. The van der Waals surface area contributed by atoms with Crippen LogP contribution in [0.3, 0.4) is 0 Å². The van der Waals surface area contributed by atoms with Gasteiger partial charge in [0.25, 0.3) is 0 Å². The van der Waals surface area contributed by atoms with Crippen LogP contribution < -0.4 is 0 Å². The molecule has 8 heteroatoms. The van der Waals surface area contributed by atoms with Gasteiger partial charge in [-0.05, 0) is 12.1 Å². The molecule has 0 aliphatic heterocycles. The molecule has 0 atom stereocenters. The molecule has 0 aliphatic carbocycles. The quantitative estimate of drug-likeness (QED) is 0.491. The second-order valence-electron chi connectivity index (χ2n) is 3.16. The van der Waals surface area contributed by atoms with Crippen LogP contribution in [0.4, 0.5) is 0 Å². The Hall–Kier alpha value is -1.60. The maximum atomic E-state index is 11.4. The molecule has 0 fully saturated rings. The van der Waals surface area contributed by atoms with Gasteiger partial charge in [-0.25, -0.2) is 13.2 Å². The van der Waals surface area contributed by atoms with Gasteiger partial charge in [0.05, 0.1) is 21.7 Å². The van der Waals surface area contributed by atoms with Gasteiger partial charge in [0.2, 0.25) is 0 Å². The van der Waals surface area contributed by atoms with E-state index < -0.39 is 15.8 Å². The Balaban J connectivity index is 3.68. The van der Waals surface area contributed by atoms with Gasteiger partial charge in [-0.15, -0.1) is 0 Å². The number of oxime groups is 1. The van der Waals surface area contributed by atoms with Gasteiger partial charge in [-0.3, -0.25) is 0 Å². The number of carboxylic acid groups (broad SMARTS) is 1. The van der Waals surface area contributed by atoms with Crippen LogP contribution in [0, 0.1) is 0 Å². The van der Waals surface area contributed by atoms with E-state index in [1.807, 2.05) is 0 Å². The summed E-state index contributed by atoms with van der Waals surface area (Å²) < 4.78 is 22.8. The summed E-state index contributed by atoms with van der Waals surface area (Å²) in [5.74, 6) is -1.30. The third-order valence-corrected chi connectivity index (χ3v) is 3.52. The van der Waals surface area contributed by atoms with E-state index in [2.05, 4.69) is 5.16 Å². The predicted molar refractivity (Wildman–Crippen MR) is 60.9 cm³/mol. The van der Waals surface area contributed by atoms with Gasteiger partial charge in [-0.2, -0.15) is 0 Å². The standard InChI is InChI=1S/C9H8ClNO5S/c1-17(15,16)7-3-2-5(9(12)13)8(10)6(7)4-11-14/h2-4,14H,1H3,(H,12,13)/b11-4-. The number of halogens is 1. The van der Waals surface area contributed by atoms with Crippen molar-refractivity contribution >= 4 is 33.6 Å². The molecule has 1 rings (SSSR count). The summed E-state index contributed by atoms with van der Waals surface area (Å²) in [5, 5.41) is 19.6. The molecule has 2 N–H and O–H groups in total. The second kappa shape index (κ2) is 4.72. The molecule has 0 saturated carbocycles. The van der Waals surface area contributed by atoms with E-state index in [0.717, 1.165) is 24.6 Å². The van der Waals surface area contributed by atoms with E-state index in [9.17, 15) is 13.2 Å². The summed E-state index contributed by atoms with van der Waals surface area (Å²) in [6, 6.07) is 2.18. The molecule has 1 aromatic rings. The first-order valence-electron chi connectivity index (χ1n) is 4.22. The Labute approximate surface area is 102 Å². The number of hydrogen-bond donors (Lipinski definition) is 2. The highest BCUT2D eigenvalue weighted by molar-refractivity contribution is 7.90. The minimum absolute atomic E-state index is 0.156. The van der Waals surface area contributed by atoms with Crippen molar-refractivity contribution < 1.29 is 23.5 Å².